The van der Waals surface area contributed by atoms with Crippen molar-refractivity contribution in [1.29, 1.82) is 0 Å². The standard InChI is InChI=1S/C15H16ClFN2O/c16-15-13(4-1-5-14(15)17)11-19(7-8-20)10-12-3-2-6-18-9-12/h1-6,9,20H,7-8,10-11H2. The number of aliphatic hydroxyl groups is 1. The first-order valence-electron chi connectivity index (χ1n) is 6.35. The van der Waals surface area contributed by atoms with E-state index in [1.165, 1.54) is 6.07 Å². The number of hydrogen-bond acceptors (Lipinski definition) is 3. The Balaban J connectivity index is 2.11. The molecular weight excluding hydrogens is 279 g/mol. The highest BCUT2D eigenvalue weighted by Crippen LogP contribution is 2.21. The van der Waals surface area contributed by atoms with Gasteiger partial charge in [-0.2, -0.15) is 0 Å². The van der Waals surface area contributed by atoms with Gasteiger partial charge in [0.15, 0.2) is 0 Å². The summed E-state index contributed by atoms with van der Waals surface area (Å²) >= 11 is 5.96. The van der Waals surface area contributed by atoms with Crippen molar-refractivity contribution in [3.8, 4) is 0 Å². The van der Waals surface area contributed by atoms with Gasteiger partial charge in [0.25, 0.3) is 0 Å². The summed E-state index contributed by atoms with van der Waals surface area (Å²) in [6, 6.07) is 8.59. The molecular formula is C15H16ClFN2O. The number of aromatic nitrogens is 1. The summed E-state index contributed by atoms with van der Waals surface area (Å²) in [7, 11) is 0. The first kappa shape index (κ1) is 14.9. The van der Waals surface area contributed by atoms with Gasteiger partial charge >= 0.3 is 0 Å². The first-order chi connectivity index (χ1) is 9.70. The zero-order valence-corrected chi connectivity index (χ0v) is 11.7. The Morgan fingerprint density at radius 3 is 2.75 bits per heavy atom. The highest BCUT2D eigenvalue weighted by molar-refractivity contribution is 6.31. The van der Waals surface area contributed by atoms with Crippen molar-refractivity contribution in [2.45, 2.75) is 13.1 Å². The molecule has 0 amide bonds. The second-order valence-corrected chi connectivity index (χ2v) is 4.89. The number of pyridine rings is 1. The molecule has 1 aromatic heterocycles. The molecule has 0 unspecified atom stereocenters. The topological polar surface area (TPSA) is 36.4 Å². The highest BCUT2D eigenvalue weighted by Gasteiger charge is 2.11. The van der Waals surface area contributed by atoms with Crippen LogP contribution in [0, 0.1) is 5.82 Å². The molecule has 2 rings (SSSR count). The van der Waals surface area contributed by atoms with Gasteiger partial charge in [0.05, 0.1) is 11.6 Å². The van der Waals surface area contributed by atoms with Crippen molar-refractivity contribution in [1.82, 2.24) is 9.88 Å². The predicted octanol–water partition coefficient (Wildman–Crippen LogP) is 2.87. The van der Waals surface area contributed by atoms with Crippen LogP contribution >= 0.6 is 11.6 Å². The van der Waals surface area contributed by atoms with E-state index in [-0.39, 0.29) is 11.6 Å². The minimum absolute atomic E-state index is 0.0349. The zero-order chi connectivity index (χ0) is 14.4. The summed E-state index contributed by atoms with van der Waals surface area (Å²) < 4.78 is 13.4. The largest absolute Gasteiger partial charge is 0.395 e. The van der Waals surface area contributed by atoms with Crippen molar-refractivity contribution >= 4 is 11.6 Å². The van der Waals surface area contributed by atoms with Crippen molar-refractivity contribution < 1.29 is 9.50 Å². The van der Waals surface area contributed by atoms with E-state index in [4.69, 9.17) is 16.7 Å². The molecule has 1 heterocycles. The number of halogens is 2. The van der Waals surface area contributed by atoms with Gasteiger partial charge in [-0.1, -0.05) is 29.8 Å². The molecule has 1 N–H and O–H groups in total. The van der Waals surface area contributed by atoms with Gasteiger partial charge in [0.2, 0.25) is 0 Å². The van der Waals surface area contributed by atoms with Gasteiger partial charge in [-0.05, 0) is 23.3 Å². The van der Waals surface area contributed by atoms with Crippen LogP contribution in [0.4, 0.5) is 4.39 Å². The molecule has 3 nitrogen and oxygen atoms in total. The molecule has 0 aliphatic carbocycles. The Morgan fingerprint density at radius 2 is 2.05 bits per heavy atom. The van der Waals surface area contributed by atoms with Crippen LogP contribution in [0.1, 0.15) is 11.1 Å². The Hall–Kier alpha value is -1.49. The third-order valence-corrected chi connectivity index (χ3v) is 3.39. The minimum atomic E-state index is -0.422. The van der Waals surface area contributed by atoms with E-state index < -0.39 is 5.82 Å². The van der Waals surface area contributed by atoms with Crippen LogP contribution in [0.3, 0.4) is 0 Å². The number of nitrogens with zero attached hydrogens (tertiary/aromatic N) is 2. The summed E-state index contributed by atoms with van der Waals surface area (Å²) in [5.74, 6) is -0.422. The number of hydrogen-bond donors (Lipinski definition) is 1. The molecule has 0 radical (unpaired) electrons. The molecule has 0 aliphatic rings. The summed E-state index contributed by atoms with van der Waals surface area (Å²) in [6.07, 6.45) is 3.49. The van der Waals surface area contributed by atoms with Crippen molar-refractivity contribution in [2.75, 3.05) is 13.2 Å². The van der Waals surface area contributed by atoms with Gasteiger partial charge in [-0.15, -0.1) is 0 Å². The predicted molar refractivity (Wildman–Crippen MR) is 76.8 cm³/mol. The zero-order valence-electron chi connectivity index (χ0n) is 11.0. The van der Waals surface area contributed by atoms with Crippen LogP contribution in [0.5, 0.6) is 0 Å². The maximum absolute atomic E-state index is 13.4. The van der Waals surface area contributed by atoms with E-state index in [0.717, 1.165) is 5.56 Å². The van der Waals surface area contributed by atoms with Gasteiger partial charge in [-0.25, -0.2) is 4.39 Å². The molecule has 0 aliphatic heterocycles. The lowest BCUT2D eigenvalue weighted by atomic mass is 10.2. The molecule has 0 atom stereocenters. The smallest absolute Gasteiger partial charge is 0.142 e. The molecule has 20 heavy (non-hydrogen) atoms. The average molecular weight is 295 g/mol. The Morgan fingerprint density at radius 1 is 1.20 bits per heavy atom. The monoisotopic (exact) mass is 294 g/mol. The Bertz CT molecular complexity index is 551. The van der Waals surface area contributed by atoms with E-state index in [1.54, 1.807) is 24.5 Å². The lowest BCUT2D eigenvalue weighted by Crippen LogP contribution is -2.26. The van der Waals surface area contributed by atoms with E-state index in [0.29, 0.717) is 25.2 Å². The van der Waals surface area contributed by atoms with Gasteiger partial charge in [0, 0.05) is 32.0 Å². The van der Waals surface area contributed by atoms with Crippen LogP contribution in [-0.4, -0.2) is 28.1 Å². The average Bonchev–Trinajstić information content (AvgIpc) is 2.45. The molecule has 106 valence electrons. The van der Waals surface area contributed by atoms with E-state index in [2.05, 4.69) is 4.98 Å². The van der Waals surface area contributed by atoms with Crippen molar-refractivity contribution in [3.05, 3.63) is 64.7 Å². The quantitative estimate of drug-likeness (QED) is 0.890. The Kier molecular flexibility index (Phi) is 5.47. The third-order valence-electron chi connectivity index (χ3n) is 2.97. The Labute approximate surface area is 122 Å². The van der Waals surface area contributed by atoms with Crippen LogP contribution < -0.4 is 0 Å². The number of benzene rings is 1. The van der Waals surface area contributed by atoms with Crippen molar-refractivity contribution in [2.24, 2.45) is 0 Å². The van der Waals surface area contributed by atoms with E-state index in [9.17, 15) is 4.39 Å². The second kappa shape index (κ2) is 7.33. The maximum Gasteiger partial charge on any atom is 0.142 e. The SMILES string of the molecule is OCCN(Cc1cccnc1)Cc1cccc(F)c1Cl. The number of rotatable bonds is 6. The van der Waals surface area contributed by atoms with E-state index in [1.807, 2.05) is 17.0 Å². The molecule has 5 heteroatoms. The molecule has 0 saturated heterocycles. The lowest BCUT2D eigenvalue weighted by Gasteiger charge is -2.22. The first-order valence-corrected chi connectivity index (χ1v) is 6.73. The fraction of sp³-hybridized carbons (Fsp3) is 0.267. The van der Waals surface area contributed by atoms with E-state index >= 15 is 0 Å². The molecule has 0 saturated carbocycles. The van der Waals surface area contributed by atoms with Crippen LogP contribution in [0.15, 0.2) is 42.7 Å². The van der Waals surface area contributed by atoms with Gasteiger partial charge < -0.3 is 5.11 Å². The van der Waals surface area contributed by atoms with Crippen LogP contribution in [0.2, 0.25) is 5.02 Å². The highest BCUT2D eigenvalue weighted by atomic mass is 35.5. The van der Waals surface area contributed by atoms with Gasteiger partial charge in [-0.3, -0.25) is 9.88 Å². The van der Waals surface area contributed by atoms with Crippen LogP contribution in [-0.2, 0) is 13.1 Å². The summed E-state index contributed by atoms with van der Waals surface area (Å²) in [5.41, 5.74) is 1.75. The summed E-state index contributed by atoms with van der Waals surface area (Å²) in [4.78, 5) is 6.06. The van der Waals surface area contributed by atoms with Gasteiger partial charge in [0.1, 0.15) is 5.82 Å². The lowest BCUT2D eigenvalue weighted by molar-refractivity contribution is 0.184. The number of aliphatic hydroxyl groups excluding tert-OH is 1. The fourth-order valence-corrected chi connectivity index (χ4v) is 2.20. The molecule has 0 bridgehead atoms. The second-order valence-electron chi connectivity index (χ2n) is 4.51. The molecule has 1 aromatic carbocycles. The maximum atomic E-state index is 13.4. The molecule has 0 spiro atoms. The third kappa shape index (κ3) is 4.00. The molecule has 0 fully saturated rings. The summed E-state index contributed by atoms with van der Waals surface area (Å²) in [5, 5.41) is 9.29. The van der Waals surface area contributed by atoms with Crippen molar-refractivity contribution in [3.63, 3.8) is 0 Å². The minimum Gasteiger partial charge on any atom is -0.395 e. The summed E-state index contributed by atoms with van der Waals surface area (Å²) in [6.45, 7) is 1.63. The fourth-order valence-electron chi connectivity index (χ4n) is 2.02. The molecule has 2 aromatic rings. The normalized spacial score (nSPS) is 11.0. The van der Waals surface area contributed by atoms with Crippen LogP contribution in [0.25, 0.3) is 0 Å².